The van der Waals surface area contributed by atoms with Gasteiger partial charge in [-0.2, -0.15) is 0 Å². The highest BCUT2D eigenvalue weighted by atomic mass is 16.5. The van der Waals surface area contributed by atoms with Gasteiger partial charge in [0.15, 0.2) is 0 Å². The molecule has 1 atom stereocenters. The van der Waals surface area contributed by atoms with Crippen molar-refractivity contribution in [2.45, 2.75) is 25.3 Å². The maximum atomic E-state index is 9.46. The first-order chi connectivity index (χ1) is 8.20. The summed E-state index contributed by atoms with van der Waals surface area (Å²) in [5, 5.41) is 12.8. The largest absolute Gasteiger partial charge is 0.394 e. The van der Waals surface area contributed by atoms with Crippen molar-refractivity contribution in [1.29, 1.82) is 0 Å². The summed E-state index contributed by atoms with van der Waals surface area (Å²) in [4.78, 5) is 0. The van der Waals surface area contributed by atoms with Crippen LogP contribution in [0.1, 0.15) is 18.9 Å². The second kappa shape index (κ2) is 7.43. The first-order valence-electron chi connectivity index (χ1n) is 6.09. The van der Waals surface area contributed by atoms with Gasteiger partial charge in [0, 0.05) is 19.2 Å². The van der Waals surface area contributed by atoms with E-state index in [0.717, 1.165) is 19.4 Å². The number of ether oxygens (including phenoxy) is 1. The van der Waals surface area contributed by atoms with Crippen LogP contribution in [0.5, 0.6) is 0 Å². The minimum atomic E-state index is -0.228. The molecule has 3 heteroatoms. The van der Waals surface area contributed by atoms with Gasteiger partial charge in [-0.15, -0.1) is 0 Å². The van der Waals surface area contributed by atoms with E-state index in [2.05, 4.69) is 17.4 Å². The molecule has 17 heavy (non-hydrogen) atoms. The summed E-state index contributed by atoms with van der Waals surface area (Å²) in [5.74, 6) is 0. The van der Waals surface area contributed by atoms with E-state index in [1.54, 1.807) is 7.11 Å². The van der Waals surface area contributed by atoms with Crippen molar-refractivity contribution in [2.24, 2.45) is 0 Å². The summed E-state index contributed by atoms with van der Waals surface area (Å²) in [6, 6.07) is 10.3. The average molecular weight is 237 g/mol. The van der Waals surface area contributed by atoms with Gasteiger partial charge in [-0.3, -0.25) is 0 Å². The van der Waals surface area contributed by atoms with Crippen LogP contribution >= 0.6 is 0 Å². The van der Waals surface area contributed by atoms with Crippen molar-refractivity contribution in [3.8, 4) is 0 Å². The SMILES string of the molecule is COCCNC(C)(CO)CCc1ccccc1. The number of aliphatic hydroxyl groups is 1. The number of benzene rings is 1. The average Bonchev–Trinajstić information content (AvgIpc) is 2.38. The third-order valence-electron chi connectivity index (χ3n) is 3.02. The number of methoxy groups -OCH3 is 1. The molecule has 0 radical (unpaired) electrons. The molecule has 0 aliphatic rings. The van der Waals surface area contributed by atoms with E-state index >= 15 is 0 Å². The Morgan fingerprint density at radius 3 is 2.59 bits per heavy atom. The lowest BCUT2D eigenvalue weighted by Gasteiger charge is -2.29. The minimum absolute atomic E-state index is 0.142. The molecule has 1 aromatic rings. The third kappa shape index (κ3) is 5.31. The Kier molecular flexibility index (Phi) is 6.19. The molecule has 1 rings (SSSR count). The molecule has 0 aliphatic heterocycles. The Balaban J connectivity index is 2.40. The lowest BCUT2D eigenvalue weighted by Crippen LogP contribution is -2.47. The van der Waals surface area contributed by atoms with Crippen LogP contribution in [0.25, 0.3) is 0 Å². The zero-order valence-electron chi connectivity index (χ0n) is 10.8. The van der Waals surface area contributed by atoms with Crippen LogP contribution in [0.15, 0.2) is 30.3 Å². The number of hydrogen-bond acceptors (Lipinski definition) is 3. The summed E-state index contributed by atoms with van der Waals surface area (Å²) in [6.07, 6.45) is 1.88. The van der Waals surface area contributed by atoms with E-state index in [-0.39, 0.29) is 12.1 Å². The molecule has 3 nitrogen and oxygen atoms in total. The molecule has 0 fully saturated rings. The maximum absolute atomic E-state index is 9.46. The highest BCUT2D eigenvalue weighted by Crippen LogP contribution is 2.13. The topological polar surface area (TPSA) is 41.5 Å². The van der Waals surface area contributed by atoms with Gasteiger partial charge in [0.1, 0.15) is 0 Å². The van der Waals surface area contributed by atoms with E-state index in [0.29, 0.717) is 6.61 Å². The fourth-order valence-electron chi connectivity index (χ4n) is 1.74. The summed E-state index contributed by atoms with van der Waals surface area (Å²) < 4.78 is 5.00. The standard InChI is InChI=1S/C14H23NO2/c1-14(12-16,15-10-11-17-2)9-8-13-6-4-3-5-7-13/h3-7,15-16H,8-12H2,1-2H3. The third-order valence-corrected chi connectivity index (χ3v) is 3.02. The fourth-order valence-corrected chi connectivity index (χ4v) is 1.74. The van der Waals surface area contributed by atoms with Crippen molar-refractivity contribution in [3.63, 3.8) is 0 Å². The molecule has 0 spiro atoms. The summed E-state index contributed by atoms with van der Waals surface area (Å²) in [5.41, 5.74) is 1.08. The molecule has 96 valence electrons. The number of nitrogens with one attached hydrogen (secondary N) is 1. The Hall–Kier alpha value is -0.900. The Bertz CT molecular complexity index is 302. The van der Waals surface area contributed by atoms with E-state index in [1.807, 2.05) is 25.1 Å². The molecule has 0 bridgehead atoms. The maximum Gasteiger partial charge on any atom is 0.0610 e. The quantitative estimate of drug-likeness (QED) is 0.675. The molecule has 0 heterocycles. The minimum Gasteiger partial charge on any atom is -0.394 e. The first-order valence-corrected chi connectivity index (χ1v) is 6.09. The highest BCUT2D eigenvalue weighted by molar-refractivity contribution is 5.15. The van der Waals surface area contributed by atoms with Crippen LogP contribution in [0.2, 0.25) is 0 Å². The fraction of sp³-hybridized carbons (Fsp3) is 0.571. The van der Waals surface area contributed by atoms with Gasteiger partial charge in [0.05, 0.1) is 13.2 Å². The summed E-state index contributed by atoms with van der Waals surface area (Å²) in [7, 11) is 1.68. The molecule has 2 N–H and O–H groups in total. The number of aryl methyl sites for hydroxylation is 1. The van der Waals surface area contributed by atoms with E-state index in [1.165, 1.54) is 5.56 Å². The number of hydrogen-bond donors (Lipinski definition) is 2. The zero-order chi connectivity index (χ0) is 12.6. The second-order valence-corrected chi connectivity index (χ2v) is 4.62. The number of rotatable bonds is 8. The first kappa shape index (κ1) is 14.2. The predicted molar refractivity (Wildman–Crippen MR) is 70.1 cm³/mol. The predicted octanol–water partition coefficient (Wildman–Crippen LogP) is 1.61. The monoisotopic (exact) mass is 237 g/mol. The zero-order valence-corrected chi connectivity index (χ0v) is 10.8. The van der Waals surface area contributed by atoms with Gasteiger partial charge in [-0.1, -0.05) is 30.3 Å². The van der Waals surface area contributed by atoms with Crippen molar-refractivity contribution < 1.29 is 9.84 Å². The molecule has 0 aliphatic carbocycles. The Morgan fingerprint density at radius 1 is 1.29 bits per heavy atom. The van der Waals surface area contributed by atoms with Gasteiger partial charge in [0.25, 0.3) is 0 Å². The van der Waals surface area contributed by atoms with Crippen LogP contribution in [0, 0.1) is 0 Å². The molecular formula is C14H23NO2. The number of aliphatic hydroxyl groups excluding tert-OH is 1. The van der Waals surface area contributed by atoms with Crippen LogP contribution < -0.4 is 5.32 Å². The lowest BCUT2D eigenvalue weighted by molar-refractivity contribution is 0.142. The normalized spacial score (nSPS) is 14.5. The second-order valence-electron chi connectivity index (χ2n) is 4.62. The van der Waals surface area contributed by atoms with Gasteiger partial charge < -0.3 is 15.2 Å². The van der Waals surface area contributed by atoms with Crippen LogP contribution in [0.3, 0.4) is 0 Å². The van der Waals surface area contributed by atoms with Crippen LogP contribution in [-0.4, -0.2) is 37.5 Å². The lowest BCUT2D eigenvalue weighted by atomic mass is 9.94. The molecule has 1 aromatic carbocycles. The molecule has 0 amide bonds. The molecule has 0 saturated carbocycles. The van der Waals surface area contributed by atoms with Crippen molar-refractivity contribution >= 4 is 0 Å². The summed E-state index contributed by atoms with van der Waals surface area (Å²) >= 11 is 0. The van der Waals surface area contributed by atoms with E-state index < -0.39 is 0 Å². The Morgan fingerprint density at radius 2 is 2.00 bits per heavy atom. The van der Waals surface area contributed by atoms with E-state index in [9.17, 15) is 5.11 Å². The van der Waals surface area contributed by atoms with Crippen molar-refractivity contribution in [2.75, 3.05) is 26.9 Å². The van der Waals surface area contributed by atoms with Crippen LogP contribution in [0.4, 0.5) is 0 Å². The smallest absolute Gasteiger partial charge is 0.0610 e. The molecule has 1 unspecified atom stereocenters. The highest BCUT2D eigenvalue weighted by Gasteiger charge is 2.21. The van der Waals surface area contributed by atoms with Crippen LogP contribution in [-0.2, 0) is 11.2 Å². The van der Waals surface area contributed by atoms with Gasteiger partial charge in [-0.25, -0.2) is 0 Å². The molecule has 0 aromatic heterocycles. The molecular weight excluding hydrogens is 214 g/mol. The van der Waals surface area contributed by atoms with Gasteiger partial charge in [0.2, 0.25) is 0 Å². The Labute approximate surface area is 104 Å². The van der Waals surface area contributed by atoms with Crippen molar-refractivity contribution in [3.05, 3.63) is 35.9 Å². The summed E-state index contributed by atoms with van der Waals surface area (Å²) in [6.45, 7) is 3.62. The van der Waals surface area contributed by atoms with E-state index in [4.69, 9.17) is 4.74 Å². The van der Waals surface area contributed by atoms with Crippen molar-refractivity contribution in [1.82, 2.24) is 5.32 Å². The van der Waals surface area contributed by atoms with Gasteiger partial charge >= 0.3 is 0 Å². The molecule has 0 saturated heterocycles. The van der Waals surface area contributed by atoms with Gasteiger partial charge in [-0.05, 0) is 25.3 Å².